The van der Waals surface area contributed by atoms with Crippen LogP contribution in [0.5, 0.6) is 0 Å². The molecule has 0 aliphatic carbocycles. The van der Waals surface area contributed by atoms with Crippen LogP contribution in [0.4, 0.5) is 18.9 Å². The van der Waals surface area contributed by atoms with Crippen molar-refractivity contribution in [2.45, 2.75) is 38.9 Å². The molecule has 0 heterocycles. The van der Waals surface area contributed by atoms with Gasteiger partial charge in [-0.25, -0.2) is 0 Å². The fourth-order valence-electron chi connectivity index (χ4n) is 2.11. The summed E-state index contributed by atoms with van der Waals surface area (Å²) in [5, 5.41) is 3.37. The first-order valence-corrected chi connectivity index (χ1v) is 7.84. The number of hydrogen-bond acceptors (Lipinski definition) is 2. The lowest BCUT2D eigenvalue weighted by molar-refractivity contribution is -0.132. The Balaban J connectivity index is 2.89. The molecule has 0 spiro atoms. The van der Waals surface area contributed by atoms with Crippen LogP contribution in [-0.2, 0) is 0 Å². The first kappa shape index (κ1) is 18.3. The Morgan fingerprint density at radius 3 is 2.57 bits per heavy atom. The lowest BCUT2D eigenvalue weighted by Crippen LogP contribution is -2.27. The second kappa shape index (κ2) is 8.03. The van der Waals surface area contributed by atoms with Crippen molar-refractivity contribution in [3.05, 3.63) is 28.2 Å². The average Bonchev–Trinajstić information content (AvgIpc) is 2.41. The minimum atomic E-state index is -4.13. The van der Waals surface area contributed by atoms with Crippen LogP contribution in [0.15, 0.2) is 22.7 Å². The predicted octanol–water partition coefficient (Wildman–Crippen LogP) is 4.90. The topological polar surface area (TPSA) is 15.3 Å². The van der Waals surface area contributed by atoms with Crippen molar-refractivity contribution < 1.29 is 13.2 Å². The summed E-state index contributed by atoms with van der Waals surface area (Å²) in [6, 6.07) is 5.77. The normalized spacial score (nSPS) is 13.3. The average molecular weight is 367 g/mol. The van der Waals surface area contributed by atoms with Crippen molar-refractivity contribution >= 4 is 21.6 Å². The Bertz CT molecular complexity index is 449. The van der Waals surface area contributed by atoms with E-state index in [9.17, 15) is 13.2 Å². The minimum absolute atomic E-state index is 0.0430. The number of benzene rings is 1. The third-order valence-corrected chi connectivity index (χ3v) is 3.79. The van der Waals surface area contributed by atoms with Gasteiger partial charge in [0.15, 0.2) is 0 Å². The van der Waals surface area contributed by atoms with E-state index in [1.165, 1.54) is 0 Å². The van der Waals surface area contributed by atoms with Gasteiger partial charge in [0, 0.05) is 29.8 Å². The van der Waals surface area contributed by atoms with Crippen LogP contribution in [0.25, 0.3) is 0 Å². The molecule has 1 N–H and O–H groups in total. The molecular weight excluding hydrogens is 345 g/mol. The molecule has 1 aromatic rings. The van der Waals surface area contributed by atoms with Crippen molar-refractivity contribution in [2.24, 2.45) is 0 Å². The second-order valence-electron chi connectivity index (χ2n) is 5.17. The summed E-state index contributed by atoms with van der Waals surface area (Å²) < 4.78 is 38.1. The van der Waals surface area contributed by atoms with Gasteiger partial charge in [-0.2, -0.15) is 13.2 Å². The lowest BCUT2D eigenvalue weighted by atomic mass is 10.0. The highest BCUT2D eigenvalue weighted by atomic mass is 79.9. The predicted molar refractivity (Wildman–Crippen MR) is 84.8 cm³/mol. The SMILES string of the molecule is CCCNC(C)c1cc(Br)ccc1N(C)CCC(F)(F)F. The van der Waals surface area contributed by atoms with Crippen molar-refractivity contribution in [3.8, 4) is 0 Å². The quantitative estimate of drug-likeness (QED) is 0.738. The molecule has 0 aliphatic heterocycles. The third kappa shape index (κ3) is 6.26. The molecule has 0 bridgehead atoms. The third-order valence-electron chi connectivity index (χ3n) is 3.30. The van der Waals surface area contributed by atoms with Gasteiger partial charge in [0.1, 0.15) is 0 Å². The Kier molecular flexibility index (Phi) is 7.00. The zero-order chi connectivity index (χ0) is 16.0. The maximum Gasteiger partial charge on any atom is 0.390 e. The van der Waals surface area contributed by atoms with Crippen LogP contribution in [0.2, 0.25) is 0 Å². The zero-order valence-electron chi connectivity index (χ0n) is 12.6. The molecule has 1 rings (SSSR count). The van der Waals surface area contributed by atoms with Crippen LogP contribution < -0.4 is 10.2 Å². The van der Waals surface area contributed by atoms with Gasteiger partial charge in [-0.15, -0.1) is 0 Å². The number of alkyl halides is 3. The molecule has 6 heteroatoms. The molecule has 0 aliphatic rings. The summed E-state index contributed by atoms with van der Waals surface area (Å²) in [5.41, 5.74) is 1.83. The molecule has 2 nitrogen and oxygen atoms in total. The van der Waals surface area contributed by atoms with E-state index in [4.69, 9.17) is 0 Å². The Morgan fingerprint density at radius 2 is 2.00 bits per heavy atom. The maximum absolute atomic E-state index is 12.4. The molecule has 0 radical (unpaired) electrons. The molecule has 1 unspecified atom stereocenters. The smallest absolute Gasteiger partial charge is 0.374 e. The number of hydrogen-bond donors (Lipinski definition) is 1. The van der Waals surface area contributed by atoms with Crippen LogP contribution in [0.3, 0.4) is 0 Å². The monoisotopic (exact) mass is 366 g/mol. The number of nitrogens with one attached hydrogen (secondary N) is 1. The molecule has 1 aromatic carbocycles. The molecule has 120 valence electrons. The van der Waals surface area contributed by atoms with E-state index in [-0.39, 0.29) is 12.6 Å². The van der Waals surface area contributed by atoms with Gasteiger partial charge in [0.2, 0.25) is 0 Å². The molecule has 21 heavy (non-hydrogen) atoms. The molecule has 0 amide bonds. The number of anilines is 1. The van der Waals surface area contributed by atoms with Crippen molar-refractivity contribution in [1.29, 1.82) is 0 Å². The number of rotatable bonds is 7. The lowest BCUT2D eigenvalue weighted by Gasteiger charge is -2.26. The van der Waals surface area contributed by atoms with Gasteiger partial charge in [-0.3, -0.25) is 0 Å². The van der Waals surface area contributed by atoms with Crippen molar-refractivity contribution in [3.63, 3.8) is 0 Å². The van der Waals surface area contributed by atoms with E-state index in [0.29, 0.717) is 0 Å². The Morgan fingerprint density at radius 1 is 1.33 bits per heavy atom. The van der Waals surface area contributed by atoms with E-state index < -0.39 is 12.6 Å². The molecule has 0 fully saturated rings. The second-order valence-corrected chi connectivity index (χ2v) is 6.08. The maximum atomic E-state index is 12.4. The summed E-state index contributed by atoms with van der Waals surface area (Å²) in [6.45, 7) is 4.94. The van der Waals surface area contributed by atoms with Crippen molar-refractivity contribution in [1.82, 2.24) is 5.32 Å². The molecular formula is C15H22BrF3N2. The number of nitrogens with zero attached hydrogens (tertiary/aromatic N) is 1. The minimum Gasteiger partial charge on any atom is -0.374 e. The van der Waals surface area contributed by atoms with Crippen LogP contribution in [0.1, 0.15) is 38.3 Å². The van der Waals surface area contributed by atoms with Gasteiger partial charge in [0.25, 0.3) is 0 Å². The summed E-state index contributed by atoms with van der Waals surface area (Å²) in [6.07, 6.45) is -3.93. The summed E-state index contributed by atoms with van der Waals surface area (Å²) in [4.78, 5) is 1.67. The van der Waals surface area contributed by atoms with E-state index in [0.717, 1.165) is 28.7 Å². The first-order valence-electron chi connectivity index (χ1n) is 7.05. The first-order chi connectivity index (χ1) is 9.74. The molecule has 0 saturated carbocycles. The van der Waals surface area contributed by atoms with Crippen molar-refractivity contribution in [2.75, 3.05) is 25.0 Å². The van der Waals surface area contributed by atoms with Gasteiger partial charge in [-0.1, -0.05) is 22.9 Å². The van der Waals surface area contributed by atoms with Gasteiger partial charge < -0.3 is 10.2 Å². The van der Waals surface area contributed by atoms with Crippen LogP contribution in [-0.4, -0.2) is 26.3 Å². The Hall–Kier alpha value is -0.750. The summed E-state index contributed by atoms with van der Waals surface area (Å²) >= 11 is 3.43. The molecule has 0 saturated heterocycles. The highest BCUT2D eigenvalue weighted by Crippen LogP contribution is 2.30. The van der Waals surface area contributed by atoms with E-state index in [1.807, 2.05) is 25.1 Å². The van der Waals surface area contributed by atoms with E-state index in [2.05, 4.69) is 28.2 Å². The van der Waals surface area contributed by atoms with Crippen LogP contribution in [0, 0.1) is 0 Å². The molecule has 0 aromatic heterocycles. The largest absolute Gasteiger partial charge is 0.390 e. The van der Waals surface area contributed by atoms with E-state index in [1.54, 1.807) is 11.9 Å². The highest BCUT2D eigenvalue weighted by Gasteiger charge is 2.27. The summed E-state index contributed by atoms with van der Waals surface area (Å²) in [7, 11) is 1.70. The van der Waals surface area contributed by atoms with Crippen LogP contribution >= 0.6 is 15.9 Å². The highest BCUT2D eigenvalue weighted by molar-refractivity contribution is 9.10. The Labute approximate surface area is 132 Å². The zero-order valence-corrected chi connectivity index (χ0v) is 14.2. The van der Waals surface area contributed by atoms with Gasteiger partial charge in [-0.05, 0) is 43.7 Å². The standard InChI is InChI=1S/C15H22BrF3N2/c1-4-8-20-11(2)13-10-12(16)5-6-14(13)21(3)9-7-15(17,18)19/h5-6,10-11,20H,4,7-9H2,1-3H3. The fraction of sp³-hybridized carbons (Fsp3) is 0.600. The fourth-order valence-corrected chi connectivity index (χ4v) is 2.48. The van der Waals surface area contributed by atoms with E-state index >= 15 is 0 Å². The number of halogens is 4. The summed E-state index contributed by atoms with van der Waals surface area (Å²) in [5.74, 6) is 0. The van der Waals surface area contributed by atoms with Gasteiger partial charge >= 0.3 is 6.18 Å². The van der Waals surface area contributed by atoms with Gasteiger partial charge in [0.05, 0.1) is 6.42 Å². The molecule has 1 atom stereocenters.